The zero-order valence-corrected chi connectivity index (χ0v) is 26.1. The van der Waals surface area contributed by atoms with Gasteiger partial charge in [-0.05, 0) is 48.4 Å². The Morgan fingerprint density at radius 1 is 1.00 bits per heavy atom. The minimum Gasteiger partial charge on any atom is -0.480 e. The van der Waals surface area contributed by atoms with Gasteiger partial charge < -0.3 is 21.1 Å². The van der Waals surface area contributed by atoms with Crippen LogP contribution in [0.2, 0.25) is 5.02 Å². The van der Waals surface area contributed by atoms with Crippen LogP contribution in [-0.4, -0.2) is 54.8 Å². The summed E-state index contributed by atoms with van der Waals surface area (Å²) in [5.41, 5.74) is 1.09. The number of amides is 3. The Morgan fingerprint density at radius 3 is 2.39 bits per heavy atom. The Kier molecular flexibility index (Phi) is 9.99. The van der Waals surface area contributed by atoms with E-state index in [4.69, 9.17) is 11.6 Å². The summed E-state index contributed by atoms with van der Waals surface area (Å²) >= 11 is 7.01. The number of aryl methyl sites for hydroxylation is 1. The van der Waals surface area contributed by atoms with Crippen LogP contribution < -0.4 is 20.7 Å². The molecule has 1 heterocycles. The monoisotopic (exact) mass is 657 g/mol. The summed E-state index contributed by atoms with van der Waals surface area (Å²) in [5, 5.41) is 19.2. The molecule has 44 heavy (non-hydrogen) atoms. The molecule has 12 nitrogen and oxygen atoms in total. The van der Waals surface area contributed by atoms with Crippen molar-refractivity contribution in [1.82, 2.24) is 20.3 Å². The van der Waals surface area contributed by atoms with Crippen molar-refractivity contribution in [2.75, 3.05) is 11.9 Å². The van der Waals surface area contributed by atoms with Crippen molar-refractivity contribution < 1.29 is 32.7 Å². The number of carbonyl (C=O) groups excluding carboxylic acids is 3. The van der Waals surface area contributed by atoms with Crippen molar-refractivity contribution >= 4 is 72.6 Å². The second kappa shape index (κ2) is 13.5. The molecule has 0 radical (unpaired) electrons. The number of halogens is 1. The number of hydrogen-bond acceptors (Lipinski definition) is 8. The number of carboxylic acids is 1. The standard InChI is InChI=1S/C29H28ClN5O7S2/c1-15(20-10-6-8-18-7-4-5-9-21(18)20)32-25(37)19-11-12-22(23(30)13-19)26(38)35-24(27(39)40)14-31-44(41,42)28-16(2)33-29(43-28)34-17(3)36/h4-13,15,24,31H,14H2,1-3H3,(H,32,37)(H,35,38)(H,39,40)(H,33,34,36)/t15-,24+/m1/s1. The second-order valence-corrected chi connectivity index (χ2v) is 13.1. The van der Waals surface area contributed by atoms with Crippen molar-refractivity contribution in [3.8, 4) is 0 Å². The van der Waals surface area contributed by atoms with Gasteiger partial charge in [0.25, 0.3) is 21.8 Å². The van der Waals surface area contributed by atoms with Crippen LogP contribution in [0, 0.1) is 6.92 Å². The molecule has 3 amide bonds. The van der Waals surface area contributed by atoms with E-state index < -0.39 is 46.3 Å². The number of hydrogen-bond donors (Lipinski definition) is 5. The van der Waals surface area contributed by atoms with Gasteiger partial charge in [0.1, 0.15) is 6.04 Å². The van der Waals surface area contributed by atoms with E-state index in [9.17, 15) is 32.7 Å². The number of anilines is 1. The molecule has 230 valence electrons. The number of thiazole rings is 1. The Balaban J connectivity index is 1.42. The second-order valence-electron chi connectivity index (χ2n) is 9.75. The van der Waals surface area contributed by atoms with Crippen LogP contribution in [0.1, 0.15) is 51.9 Å². The molecular weight excluding hydrogens is 630 g/mol. The quantitative estimate of drug-likeness (QED) is 0.161. The Bertz CT molecular complexity index is 1870. The number of benzene rings is 3. The molecule has 2 atom stereocenters. The summed E-state index contributed by atoms with van der Waals surface area (Å²) in [5.74, 6) is -3.26. The van der Waals surface area contributed by atoms with Crippen molar-refractivity contribution in [2.24, 2.45) is 0 Å². The first-order chi connectivity index (χ1) is 20.8. The molecule has 0 saturated carbocycles. The van der Waals surface area contributed by atoms with Crippen molar-refractivity contribution in [3.05, 3.63) is 88.1 Å². The lowest BCUT2D eigenvalue weighted by atomic mass is 9.99. The van der Waals surface area contributed by atoms with E-state index in [2.05, 4.69) is 25.7 Å². The molecule has 15 heteroatoms. The Morgan fingerprint density at radius 2 is 1.70 bits per heavy atom. The lowest BCUT2D eigenvalue weighted by Crippen LogP contribution is -2.48. The van der Waals surface area contributed by atoms with Gasteiger partial charge in [-0.15, -0.1) is 0 Å². The summed E-state index contributed by atoms with van der Waals surface area (Å²) < 4.78 is 27.5. The molecule has 0 fully saturated rings. The highest BCUT2D eigenvalue weighted by molar-refractivity contribution is 7.91. The Hall–Kier alpha value is -4.37. The minimum atomic E-state index is -4.23. The van der Waals surface area contributed by atoms with Gasteiger partial charge in [0.15, 0.2) is 9.34 Å². The molecule has 0 unspecified atom stereocenters. The van der Waals surface area contributed by atoms with Gasteiger partial charge in [0, 0.05) is 19.0 Å². The van der Waals surface area contributed by atoms with E-state index in [-0.39, 0.29) is 37.2 Å². The summed E-state index contributed by atoms with van der Waals surface area (Å²) in [7, 11) is -4.23. The highest BCUT2D eigenvalue weighted by atomic mass is 35.5. The van der Waals surface area contributed by atoms with E-state index in [0.29, 0.717) is 11.3 Å². The number of aromatic nitrogens is 1. The van der Waals surface area contributed by atoms with E-state index >= 15 is 0 Å². The summed E-state index contributed by atoms with van der Waals surface area (Å²) in [6.45, 7) is 3.82. The van der Waals surface area contributed by atoms with Crippen molar-refractivity contribution in [2.45, 2.75) is 37.1 Å². The van der Waals surface area contributed by atoms with Gasteiger partial charge in [-0.2, -0.15) is 0 Å². The predicted octanol–water partition coefficient (Wildman–Crippen LogP) is 3.87. The molecule has 3 aromatic carbocycles. The predicted molar refractivity (Wildman–Crippen MR) is 167 cm³/mol. The number of rotatable bonds is 11. The van der Waals surface area contributed by atoms with Crippen LogP contribution in [-0.2, 0) is 19.6 Å². The number of carbonyl (C=O) groups is 4. The van der Waals surface area contributed by atoms with E-state index in [1.807, 2.05) is 49.4 Å². The first-order valence-electron chi connectivity index (χ1n) is 13.1. The molecular formula is C29H28ClN5O7S2. The van der Waals surface area contributed by atoms with Crippen LogP contribution in [0.25, 0.3) is 10.8 Å². The number of nitrogens with one attached hydrogen (secondary N) is 4. The summed E-state index contributed by atoms with van der Waals surface area (Å²) in [6, 6.07) is 15.5. The molecule has 0 aliphatic carbocycles. The molecule has 0 bridgehead atoms. The third-order valence-corrected chi connectivity index (χ3v) is 9.89. The van der Waals surface area contributed by atoms with Crippen LogP contribution in [0.15, 0.2) is 64.9 Å². The van der Waals surface area contributed by atoms with E-state index in [0.717, 1.165) is 16.3 Å². The van der Waals surface area contributed by atoms with Crippen LogP contribution in [0.4, 0.5) is 5.13 Å². The number of aliphatic carboxylic acids is 1. The molecule has 5 N–H and O–H groups in total. The summed E-state index contributed by atoms with van der Waals surface area (Å²) in [6.07, 6.45) is 0. The fourth-order valence-corrected chi connectivity index (χ4v) is 7.17. The molecule has 4 rings (SSSR count). The highest BCUT2D eigenvalue weighted by Crippen LogP contribution is 2.27. The van der Waals surface area contributed by atoms with Crippen molar-refractivity contribution in [1.29, 1.82) is 0 Å². The lowest BCUT2D eigenvalue weighted by Gasteiger charge is -2.18. The molecule has 1 aromatic heterocycles. The first-order valence-corrected chi connectivity index (χ1v) is 15.8. The van der Waals surface area contributed by atoms with Gasteiger partial charge in [0.2, 0.25) is 5.91 Å². The maximum absolute atomic E-state index is 13.0. The van der Waals surface area contributed by atoms with Gasteiger partial charge in [-0.1, -0.05) is 65.4 Å². The maximum Gasteiger partial charge on any atom is 0.327 e. The van der Waals surface area contributed by atoms with Crippen LogP contribution in [0.5, 0.6) is 0 Å². The zero-order chi connectivity index (χ0) is 32.2. The SMILES string of the molecule is CC(=O)Nc1nc(C)c(S(=O)(=O)NC[C@H](NC(=O)c2ccc(C(=O)N[C@H](C)c3cccc4ccccc34)cc2Cl)C(=O)O)s1. The summed E-state index contributed by atoms with van der Waals surface area (Å²) in [4.78, 5) is 53.0. The third kappa shape index (κ3) is 7.58. The normalized spacial score (nSPS) is 12.7. The zero-order valence-electron chi connectivity index (χ0n) is 23.7. The highest BCUT2D eigenvalue weighted by Gasteiger charge is 2.28. The third-order valence-electron chi connectivity index (χ3n) is 6.48. The van der Waals surface area contributed by atoms with Crippen LogP contribution >= 0.6 is 22.9 Å². The fraction of sp³-hybridized carbons (Fsp3) is 0.207. The van der Waals surface area contributed by atoms with Crippen molar-refractivity contribution in [3.63, 3.8) is 0 Å². The largest absolute Gasteiger partial charge is 0.480 e. The van der Waals surface area contributed by atoms with E-state index in [1.165, 1.54) is 32.0 Å². The smallest absolute Gasteiger partial charge is 0.327 e. The maximum atomic E-state index is 13.0. The number of sulfonamides is 1. The number of carboxylic acid groups (broad SMARTS) is 1. The molecule has 4 aromatic rings. The van der Waals surface area contributed by atoms with Gasteiger partial charge in [-0.25, -0.2) is 22.9 Å². The van der Waals surface area contributed by atoms with Crippen LogP contribution in [0.3, 0.4) is 0 Å². The lowest BCUT2D eigenvalue weighted by molar-refractivity contribution is -0.139. The molecule has 0 spiro atoms. The molecule has 0 aliphatic rings. The van der Waals surface area contributed by atoms with E-state index in [1.54, 1.807) is 0 Å². The average Bonchev–Trinajstić information content (AvgIpc) is 3.34. The number of nitrogens with zero attached hydrogens (tertiary/aromatic N) is 1. The molecule has 0 saturated heterocycles. The Labute approximate surface area is 261 Å². The van der Waals surface area contributed by atoms with Gasteiger partial charge >= 0.3 is 5.97 Å². The number of fused-ring (bicyclic) bond motifs is 1. The fourth-order valence-electron chi connectivity index (χ4n) is 4.36. The van der Waals surface area contributed by atoms with Gasteiger partial charge in [-0.3, -0.25) is 14.4 Å². The minimum absolute atomic E-state index is 0.0632. The first kappa shape index (κ1) is 32.5. The average molecular weight is 658 g/mol. The molecule has 0 aliphatic heterocycles. The van der Waals surface area contributed by atoms with Gasteiger partial charge in [0.05, 0.1) is 22.3 Å². The topological polar surface area (TPSA) is 184 Å².